The van der Waals surface area contributed by atoms with Crippen LogP contribution in [0, 0.1) is 6.92 Å². The monoisotopic (exact) mass is 458 g/mol. The number of sulfonamides is 1. The normalized spacial score (nSPS) is 12.1. The van der Waals surface area contributed by atoms with Gasteiger partial charge in [-0.25, -0.2) is 8.42 Å². The molecule has 0 aliphatic rings. The van der Waals surface area contributed by atoms with Gasteiger partial charge in [0.05, 0.1) is 10.9 Å². The fourth-order valence-electron chi connectivity index (χ4n) is 2.82. The summed E-state index contributed by atoms with van der Waals surface area (Å²) in [6.45, 7) is 3.60. The molecule has 8 heteroatoms. The zero-order valence-corrected chi connectivity index (χ0v) is 18.7. The predicted molar refractivity (Wildman–Crippen MR) is 122 cm³/mol. The van der Waals surface area contributed by atoms with E-state index in [1.165, 1.54) is 24.3 Å². The molecule has 3 aromatic carbocycles. The summed E-state index contributed by atoms with van der Waals surface area (Å²) in [4.78, 5) is 12.3. The van der Waals surface area contributed by atoms with Gasteiger partial charge in [0.25, 0.3) is 15.9 Å². The molecule has 0 aliphatic heterocycles. The van der Waals surface area contributed by atoms with E-state index in [2.05, 4.69) is 10.0 Å². The lowest BCUT2D eigenvalue weighted by molar-refractivity contribution is -0.123. The van der Waals surface area contributed by atoms with Crippen LogP contribution >= 0.6 is 11.6 Å². The molecule has 162 valence electrons. The molecule has 3 aromatic rings. The van der Waals surface area contributed by atoms with Crippen molar-refractivity contribution in [2.75, 3.05) is 11.3 Å². The summed E-state index contributed by atoms with van der Waals surface area (Å²) in [5.41, 5.74) is 2.45. The van der Waals surface area contributed by atoms with Crippen LogP contribution in [0.4, 0.5) is 5.69 Å². The van der Waals surface area contributed by atoms with Crippen molar-refractivity contribution in [2.24, 2.45) is 0 Å². The Bertz CT molecular complexity index is 1130. The van der Waals surface area contributed by atoms with Crippen molar-refractivity contribution in [3.05, 3.63) is 88.9 Å². The van der Waals surface area contributed by atoms with E-state index in [0.29, 0.717) is 16.5 Å². The van der Waals surface area contributed by atoms with Gasteiger partial charge in [-0.3, -0.25) is 9.52 Å². The number of carbonyl (C=O) groups excluding carboxylic acids is 1. The van der Waals surface area contributed by atoms with Crippen LogP contribution in [0.5, 0.6) is 5.75 Å². The van der Waals surface area contributed by atoms with Gasteiger partial charge in [-0.2, -0.15) is 0 Å². The van der Waals surface area contributed by atoms with Gasteiger partial charge >= 0.3 is 0 Å². The molecular formula is C23H23ClN2O4S. The summed E-state index contributed by atoms with van der Waals surface area (Å²) in [5, 5.41) is 3.47. The SMILES string of the molecule is Cc1ccc(NS(=O)(=O)c2ccc(OCC(=O)N[C@H](C)c3ccc(Cl)cc3)cc2)cc1. The molecule has 2 N–H and O–H groups in total. The van der Waals surface area contributed by atoms with E-state index in [4.69, 9.17) is 16.3 Å². The number of anilines is 1. The fraction of sp³-hybridized carbons (Fsp3) is 0.174. The van der Waals surface area contributed by atoms with Crippen LogP contribution in [0.1, 0.15) is 24.1 Å². The van der Waals surface area contributed by atoms with E-state index in [1.54, 1.807) is 24.3 Å². The number of rotatable bonds is 8. The number of aryl methyl sites for hydroxylation is 1. The summed E-state index contributed by atoms with van der Waals surface area (Å²) in [7, 11) is -3.72. The Morgan fingerprint density at radius 3 is 2.19 bits per heavy atom. The Morgan fingerprint density at radius 1 is 0.968 bits per heavy atom. The first-order chi connectivity index (χ1) is 14.7. The van der Waals surface area contributed by atoms with Crippen LogP contribution in [0.3, 0.4) is 0 Å². The Balaban J connectivity index is 1.54. The highest BCUT2D eigenvalue weighted by Crippen LogP contribution is 2.20. The Morgan fingerprint density at radius 2 is 1.58 bits per heavy atom. The largest absolute Gasteiger partial charge is 0.484 e. The van der Waals surface area contributed by atoms with Gasteiger partial charge < -0.3 is 10.1 Å². The van der Waals surface area contributed by atoms with Crippen molar-refractivity contribution in [2.45, 2.75) is 24.8 Å². The van der Waals surface area contributed by atoms with Crippen LogP contribution in [-0.4, -0.2) is 20.9 Å². The molecule has 0 saturated carbocycles. The van der Waals surface area contributed by atoms with Crippen molar-refractivity contribution in [3.8, 4) is 5.75 Å². The first-order valence-corrected chi connectivity index (χ1v) is 11.5. The van der Waals surface area contributed by atoms with E-state index in [-0.39, 0.29) is 23.5 Å². The van der Waals surface area contributed by atoms with E-state index in [9.17, 15) is 13.2 Å². The summed E-state index contributed by atoms with van der Waals surface area (Å²) >= 11 is 5.88. The van der Waals surface area contributed by atoms with Gasteiger partial charge in [0.15, 0.2) is 6.61 Å². The number of benzene rings is 3. The maximum atomic E-state index is 12.5. The molecule has 31 heavy (non-hydrogen) atoms. The quantitative estimate of drug-likeness (QED) is 0.512. The minimum atomic E-state index is -3.72. The molecule has 0 spiro atoms. The maximum absolute atomic E-state index is 12.5. The van der Waals surface area contributed by atoms with Crippen LogP contribution in [0.2, 0.25) is 5.02 Å². The van der Waals surface area contributed by atoms with Gasteiger partial charge in [-0.05, 0) is 67.9 Å². The second-order valence-corrected chi connectivity index (χ2v) is 9.19. The van der Waals surface area contributed by atoms with Crippen molar-refractivity contribution in [1.29, 1.82) is 0 Å². The highest BCUT2D eigenvalue weighted by molar-refractivity contribution is 7.92. The van der Waals surface area contributed by atoms with Crippen LogP contribution in [0.25, 0.3) is 0 Å². The molecule has 0 unspecified atom stereocenters. The second-order valence-electron chi connectivity index (χ2n) is 7.07. The molecule has 1 amide bonds. The highest BCUT2D eigenvalue weighted by Gasteiger charge is 2.15. The zero-order valence-electron chi connectivity index (χ0n) is 17.1. The van der Waals surface area contributed by atoms with Gasteiger partial charge in [-0.1, -0.05) is 41.4 Å². The summed E-state index contributed by atoms with van der Waals surface area (Å²) in [6.07, 6.45) is 0. The highest BCUT2D eigenvalue weighted by atomic mass is 35.5. The topological polar surface area (TPSA) is 84.5 Å². The Labute approximate surface area is 187 Å². The van der Waals surface area contributed by atoms with Crippen LogP contribution in [-0.2, 0) is 14.8 Å². The predicted octanol–water partition coefficient (Wildman–Crippen LogP) is 4.71. The van der Waals surface area contributed by atoms with Crippen LogP contribution in [0.15, 0.2) is 77.7 Å². The molecule has 3 rings (SSSR count). The Hall–Kier alpha value is -3.03. The van der Waals surface area contributed by atoms with Gasteiger partial charge in [0.1, 0.15) is 5.75 Å². The lowest BCUT2D eigenvalue weighted by atomic mass is 10.1. The maximum Gasteiger partial charge on any atom is 0.261 e. The number of ether oxygens (including phenoxy) is 1. The minimum Gasteiger partial charge on any atom is -0.484 e. The standard InChI is InChI=1S/C23H23ClN2O4S/c1-16-3-9-20(10-4-16)26-31(28,29)22-13-11-21(12-14-22)30-15-23(27)25-17(2)18-5-7-19(24)8-6-18/h3-14,17,26H,15H2,1-2H3,(H,25,27)/t17-/m1/s1. The number of halogens is 1. The third kappa shape index (κ3) is 6.47. The van der Waals surface area contributed by atoms with E-state index >= 15 is 0 Å². The molecule has 6 nitrogen and oxygen atoms in total. The first kappa shape index (κ1) is 22.7. The molecular weight excluding hydrogens is 436 g/mol. The van der Waals surface area contributed by atoms with E-state index in [0.717, 1.165) is 11.1 Å². The zero-order chi connectivity index (χ0) is 22.4. The first-order valence-electron chi connectivity index (χ1n) is 9.60. The lowest BCUT2D eigenvalue weighted by Crippen LogP contribution is -2.31. The van der Waals surface area contributed by atoms with Crippen molar-refractivity contribution in [1.82, 2.24) is 5.32 Å². The molecule has 0 heterocycles. The van der Waals surface area contributed by atoms with E-state index in [1.807, 2.05) is 38.1 Å². The number of carbonyl (C=O) groups is 1. The summed E-state index contributed by atoms with van der Waals surface area (Å²) in [5.74, 6) is 0.101. The van der Waals surface area contributed by atoms with Crippen molar-refractivity contribution < 1.29 is 17.9 Å². The molecule has 0 radical (unpaired) electrons. The Kier molecular flexibility index (Phi) is 7.20. The van der Waals surface area contributed by atoms with Crippen LogP contribution < -0.4 is 14.8 Å². The number of hydrogen-bond donors (Lipinski definition) is 2. The fourth-order valence-corrected chi connectivity index (χ4v) is 4.00. The molecule has 0 aliphatic carbocycles. The lowest BCUT2D eigenvalue weighted by Gasteiger charge is -2.15. The molecule has 0 fully saturated rings. The van der Waals surface area contributed by atoms with Crippen molar-refractivity contribution >= 4 is 33.2 Å². The molecule has 0 aromatic heterocycles. The summed E-state index contributed by atoms with van der Waals surface area (Å²) in [6, 6.07) is 20.0. The van der Waals surface area contributed by atoms with E-state index < -0.39 is 10.0 Å². The average Bonchev–Trinajstić information content (AvgIpc) is 2.74. The second kappa shape index (κ2) is 9.85. The minimum absolute atomic E-state index is 0.0984. The summed E-state index contributed by atoms with van der Waals surface area (Å²) < 4.78 is 33.0. The van der Waals surface area contributed by atoms with Gasteiger partial charge in [0, 0.05) is 10.7 Å². The number of nitrogens with one attached hydrogen (secondary N) is 2. The number of amides is 1. The van der Waals surface area contributed by atoms with Gasteiger partial charge in [0.2, 0.25) is 0 Å². The molecule has 1 atom stereocenters. The molecule has 0 saturated heterocycles. The third-order valence-electron chi connectivity index (χ3n) is 4.56. The molecule has 0 bridgehead atoms. The number of hydrogen-bond acceptors (Lipinski definition) is 4. The van der Waals surface area contributed by atoms with Crippen molar-refractivity contribution in [3.63, 3.8) is 0 Å². The average molecular weight is 459 g/mol. The third-order valence-corrected chi connectivity index (χ3v) is 6.20. The van der Waals surface area contributed by atoms with Gasteiger partial charge in [-0.15, -0.1) is 0 Å². The smallest absolute Gasteiger partial charge is 0.261 e.